The fraction of sp³-hybridized carbons (Fsp3) is 0.231. The summed E-state index contributed by atoms with van der Waals surface area (Å²) in [6.45, 7) is 3.78. The second-order valence-corrected chi connectivity index (χ2v) is 7.96. The SMILES string of the molecule is Cc1cc(F)cc(C)c1C(N)c1cc(Br)sc1Br. The van der Waals surface area contributed by atoms with Gasteiger partial charge in [0, 0.05) is 0 Å². The van der Waals surface area contributed by atoms with Crippen LogP contribution in [0.1, 0.15) is 28.3 Å². The zero-order valence-electron chi connectivity index (χ0n) is 9.93. The Balaban J connectivity index is 2.52. The van der Waals surface area contributed by atoms with Gasteiger partial charge in [-0.1, -0.05) is 0 Å². The molecule has 1 heterocycles. The third-order valence-corrected chi connectivity index (χ3v) is 5.27. The smallest absolute Gasteiger partial charge is 0.123 e. The zero-order valence-corrected chi connectivity index (χ0v) is 13.9. The van der Waals surface area contributed by atoms with Crippen molar-refractivity contribution < 1.29 is 4.39 Å². The van der Waals surface area contributed by atoms with E-state index < -0.39 is 0 Å². The lowest BCUT2D eigenvalue weighted by molar-refractivity contribution is 0.623. The van der Waals surface area contributed by atoms with E-state index >= 15 is 0 Å². The number of thiophene rings is 1. The minimum atomic E-state index is -0.248. The second-order valence-electron chi connectivity index (χ2n) is 4.21. The monoisotopic (exact) mass is 391 g/mol. The summed E-state index contributed by atoms with van der Waals surface area (Å²) in [5.74, 6) is -0.216. The highest BCUT2D eigenvalue weighted by molar-refractivity contribution is 9.12. The molecule has 0 radical (unpaired) electrons. The average molecular weight is 393 g/mol. The minimum absolute atomic E-state index is 0.216. The molecule has 96 valence electrons. The topological polar surface area (TPSA) is 26.0 Å². The van der Waals surface area contributed by atoms with Crippen LogP contribution in [0, 0.1) is 19.7 Å². The maximum absolute atomic E-state index is 13.3. The molecule has 18 heavy (non-hydrogen) atoms. The molecule has 0 aliphatic carbocycles. The van der Waals surface area contributed by atoms with Crippen LogP contribution in [-0.4, -0.2) is 0 Å². The number of aryl methyl sites for hydroxylation is 2. The molecule has 5 heteroatoms. The van der Waals surface area contributed by atoms with Crippen LogP contribution >= 0.6 is 43.2 Å². The first-order valence-corrected chi connectivity index (χ1v) is 7.77. The molecule has 0 aliphatic heterocycles. The largest absolute Gasteiger partial charge is 0.320 e. The van der Waals surface area contributed by atoms with Crippen molar-refractivity contribution in [3.63, 3.8) is 0 Å². The lowest BCUT2D eigenvalue weighted by Gasteiger charge is -2.17. The van der Waals surface area contributed by atoms with Crippen LogP contribution in [0.15, 0.2) is 25.8 Å². The van der Waals surface area contributed by atoms with Gasteiger partial charge in [0.25, 0.3) is 0 Å². The Bertz CT molecular complexity index is 572. The van der Waals surface area contributed by atoms with Crippen molar-refractivity contribution >= 4 is 43.2 Å². The summed E-state index contributed by atoms with van der Waals surface area (Å²) in [5.41, 5.74) is 10.1. The predicted molar refractivity (Wildman–Crippen MR) is 81.6 cm³/mol. The van der Waals surface area contributed by atoms with E-state index in [9.17, 15) is 4.39 Å². The van der Waals surface area contributed by atoms with Crippen molar-refractivity contribution in [1.29, 1.82) is 0 Å². The van der Waals surface area contributed by atoms with Gasteiger partial charge in [-0.15, -0.1) is 11.3 Å². The molecule has 0 aliphatic rings. The number of benzene rings is 1. The molecule has 1 nitrogen and oxygen atoms in total. The van der Waals surface area contributed by atoms with E-state index in [1.807, 2.05) is 19.9 Å². The van der Waals surface area contributed by atoms with Gasteiger partial charge in [-0.25, -0.2) is 4.39 Å². The highest BCUT2D eigenvalue weighted by atomic mass is 79.9. The summed E-state index contributed by atoms with van der Waals surface area (Å²) < 4.78 is 15.3. The van der Waals surface area contributed by atoms with Gasteiger partial charge in [-0.2, -0.15) is 0 Å². The van der Waals surface area contributed by atoms with Crippen molar-refractivity contribution in [1.82, 2.24) is 0 Å². The van der Waals surface area contributed by atoms with Crippen LogP contribution in [0.2, 0.25) is 0 Å². The van der Waals surface area contributed by atoms with Gasteiger partial charge < -0.3 is 5.73 Å². The Labute approximate surface area is 126 Å². The molecule has 2 aromatic rings. The third kappa shape index (κ3) is 2.69. The van der Waals surface area contributed by atoms with Gasteiger partial charge in [0.15, 0.2) is 0 Å². The molecule has 0 saturated heterocycles. The van der Waals surface area contributed by atoms with Crippen molar-refractivity contribution in [2.24, 2.45) is 5.73 Å². The minimum Gasteiger partial charge on any atom is -0.320 e. The van der Waals surface area contributed by atoms with E-state index in [0.29, 0.717) is 0 Å². The van der Waals surface area contributed by atoms with Crippen molar-refractivity contribution in [2.75, 3.05) is 0 Å². The summed E-state index contributed by atoms with van der Waals surface area (Å²) in [7, 11) is 0. The van der Waals surface area contributed by atoms with E-state index in [2.05, 4.69) is 31.9 Å². The first-order chi connectivity index (χ1) is 8.40. The quantitative estimate of drug-likeness (QED) is 0.757. The Kier molecular flexibility index (Phi) is 4.26. The number of hydrogen-bond acceptors (Lipinski definition) is 2. The highest BCUT2D eigenvalue weighted by Crippen LogP contribution is 2.38. The van der Waals surface area contributed by atoms with Gasteiger partial charge in [-0.3, -0.25) is 0 Å². The molecule has 0 spiro atoms. The van der Waals surface area contributed by atoms with Crippen LogP contribution in [0.5, 0.6) is 0 Å². The molecular formula is C13H12Br2FNS. The number of hydrogen-bond donors (Lipinski definition) is 1. The van der Waals surface area contributed by atoms with Crippen LogP contribution in [0.3, 0.4) is 0 Å². The summed E-state index contributed by atoms with van der Waals surface area (Å²) in [4.78, 5) is 0. The van der Waals surface area contributed by atoms with Gasteiger partial charge >= 0.3 is 0 Å². The summed E-state index contributed by atoms with van der Waals surface area (Å²) in [6.07, 6.45) is 0. The van der Waals surface area contributed by atoms with Gasteiger partial charge in [-0.05, 0) is 86.2 Å². The summed E-state index contributed by atoms with van der Waals surface area (Å²) in [5, 5.41) is 0. The van der Waals surface area contributed by atoms with Crippen LogP contribution in [0.4, 0.5) is 4.39 Å². The fourth-order valence-electron chi connectivity index (χ4n) is 2.13. The molecule has 2 rings (SSSR count). The van der Waals surface area contributed by atoms with Gasteiger partial charge in [0.1, 0.15) is 5.82 Å². The predicted octanol–water partition coefficient (Wildman–Crippen LogP) is 5.08. The van der Waals surface area contributed by atoms with Crippen molar-refractivity contribution in [3.05, 3.63) is 53.8 Å². The second kappa shape index (κ2) is 5.41. The number of rotatable bonds is 2. The molecule has 0 amide bonds. The van der Waals surface area contributed by atoms with Gasteiger partial charge in [0.2, 0.25) is 0 Å². The normalized spacial score (nSPS) is 12.8. The molecule has 1 aromatic heterocycles. The third-order valence-electron chi connectivity index (χ3n) is 2.89. The summed E-state index contributed by atoms with van der Waals surface area (Å²) >= 11 is 8.54. The number of halogens is 3. The van der Waals surface area contributed by atoms with Crippen LogP contribution in [0.25, 0.3) is 0 Å². The average Bonchev–Trinajstić information content (AvgIpc) is 2.56. The Morgan fingerprint density at radius 2 is 1.72 bits per heavy atom. The molecule has 1 atom stereocenters. The zero-order chi connectivity index (χ0) is 13.4. The maximum Gasteiger partial charge on any atom is 0.123 e. The van der Waals surface area contributed by atoms with Crippen molar-refractivity contribution in [2.45, 2.75) is 19.9 Å². The van der Waals surface area contributed by atoms with E-state index in [-0.39, 0.29) is 11.9 Å². The Morgan fingerprint density at radius 1 is 1.17 bits per heavy atom. The number of nitrogens with two attached hydrogens (primary N) is 1. The maximum atomic E-state index is 13.3. The fourth-order valence-corrected chi connectivity index (χ4v) is 5.06. The lowest BCUT2D eigenvalue weighted by atomic mass is 9.93. The van der Waals surface area contributed by atoms with E-state index in [4.69, 9.17) is 5.73 Å². The molecule has 0 fully saturated rings. The molecular weight excluding hydrogens is 381 g/mol. The van der Waals surface area contributed by atoms with E-state index in [1.165, 1.54) is 12.1 Å². The molecule has 2 N–H and O–H groups in total. The first kappa shape index (κ1) is 14.2. The molecule has 0 bridgehead atoms. The van der Waals surface area contributed by atoms with Gasteiger partial charge in [0.05, 0.1) is 13.6 Å². The van der Waals surface area contributed by atoms with Crippen LogP contribution < -0.4 is 5.73 Å². The standard InChI is InChI=1S/C13H12Br2FNS/c1-6-3-8(16)4-7(2)11(6)12(17)9-5-10(14)18-13(9)15/h3-5,12H,17H2,1-2H3. The first-order valence-electron chi connectivity index (χ1n) is 5.37. The van der Waals surface area contributed by atoms with Crippen LogP contribution in [-0.2, 0) is 0 Å². The Morgan fingerprint density at radius 3 is 2.17 bits per heavy atom. The highest BCUT2D eigenvalue weighted by Gasteiger charge is 2.19. The molecule has 1 aromatic carbocycles. The van der Waals surface area contributed by atoms with Crippen molar-refractivity contribution in [3.8, 4) is 0 Å². The molecule has 0 saturated carbocycles. The van der Waals surface area contributed by atoms with E-state index in [1.54, 1.807) is 11.3 Å². The molecule has 1 unspecified atom stereocenters. The Hall–Kier alpha value is -0.230. The van der Waals surface area contributed by atoms with E-state index in [0.717, 1.165) is 29.8 Å². The summed E-state index contributed by atoms with van der Waals surface area (Å²) in [6, 6.07) is 4.80. The lowest BCUT2D eigenvalue weighted by Crippen LogP contribution is -2.14.